The molecule has 0 radical (unpaired) electrons. The fourth-order valence-corrected chi connectivity index (χ4v) is 3.06. The average Bonchev–Trinajstić information content (AvgIpc) is 2.74. The number of nitrogens with two attached hydrogens (primary N) is 1. The average molecular weight is 277 g/mol. The van der Waals surface area contributed by atoms with Gasteiger partial charge in [-0.1, -0.05) is 17.7 Å². The molecule has 0 saturated heterocycles. The van der Waals surface area contributed by atoms with Crippen LogP contribution in [0.1, 0.15) is 0 Å². The summed E-state index contributed by atoms with van der Waals surface area (Å²) >= 11 is 7.57. The summed E-state index contributed by atoms with van der Waals surface area (Å²) in [5.41, 5.74) is 7.56. The van der Waals surface area contributed by atoms with Gasteiger partial charge >= 0.3 is 0 Å². The van der Waals surface area contributed by atoms with Crippen molar-refractivity contribution < 1.29 is 5.11 Å². The van der Waals surface area contributed by atoms with Gasteiger partial charge in [0.2, 0.25) is 0 Å². The van der Waals surface area contributed by atoms with Gasteiger partial charge in [-0.2, -0.15) is 0 Å². The van der Waals surface area contributed by atoms with Crippen molar-refractivity contribution in [2.75, 3.05) is 5.73 Å². The Bertz CT molecular complexity index is 739. The predicted molar refractivity (Wildman–Crippen MR) is 76.1 cm³/mol. The normalized spacial score (nSPS) is 10.9. The van der Waals surface area contributed by atoms with Gasteiger partial charge in [0.15, 0.2) is 0 Å². The minimum atomic E-state index is 0.130. The van der Waals surface area contributed by atoms with E-state index in [9.17, 15) is 5.11 Å². The van der Waals surface area contributed by atoms with Crippen LogP contribution >= 0.6 is 22.9 Å². The first-order valence-corrected chi connectivity index (χ1v) is 6.48. The van der Waals surface area contributed by atoms with Crippen LogP contribution in [-0.2, 0) is 0 Å². The zero-order valence-corrected chi connectivity index (χ0v) is 10.8. The minimum absolute atomic E-state index is 0.130. The number of fused-ring (bicyclic) bond motifs is 1. The summed E-state index contributed by atoms with van der Waals surface area (Å²) in [4.78, 5) is 4.46. The van der Waals surface area contributed by atoms with E-state index < -0.39 is 0 Å². The quantitative estimate of drug-likeness (QED) is 0.663. The van der Waals surface area contributed by atoms with Crippen LogP contribution in [0.5, 0.6) is 5.75 Å². The number of hydrogen-bond donors (Lipinski definition) is 2. The molecule has 1 aromatic heterocycles. The third kappa shape index (κ3) is 1.79. The molecule has 0 aliphatic carbocycles. The molecule has 3 nitrogen and oxygen atoms in total. The summed E-state index contributed by atoms with van der Waals surface area (Å²) in [6.07, 6.45) is 0. The van der Waals surface area contributed by atoms with Gasteiger partial charge in [0, 0.05) is 11.8 Å². The SMILES string of the molecule is Nc1ccc(-c2nc3c(Cl)cccc3s2)c(O)c1. The maximum Gasteiger partial charge on any atom is 0.128 e. The number of halogens is 1. The first kappa shape index (κ1) is 11.3. The molecule has 1 heterocycles. The molecular weight excluding hydrogens is 268 g/mol. The molecule has 0 unspecified atom stereocenters. The molecule has 0 saturated carbocycles. The Kier molecular flexibility index (Phi) is 2.61. The molecule has 0 atom stereocenters. The molecule has 0 aliphatic rings. The van der Waals surface area contributed by atoms with Crippen molar-refractivity contribution in [3.05, 3.63) is 41.4 Å². The van der Waals surface area contributed by atoms with Crippen LogP contribution in [0.4, 0.5) is 5.69 Å². The highest BCUT2D eigenvalue weighted by molar-refractivity contribution is 7.21. The second-order valence-electron chi connectivity index (χ2n) is 3.88. The van der Waals surface area contributed by atoms with Gasteiger partial charge < -0.3 is 10.8 Å². The number of anilines is 1. The van der Waals surface area contributed by atoms with E-state index in [-0.39, 0.29) is 5.75 Å². The number of aromatic nitrogens is 1. The number of benzene rings is 2. The Hall–Kier alpha value is -1.78. The van der Waals surface area contributed by atoms with Crippen molar-refractivity contribution in [3.63, 3.8) is 0 Å². The number of rotatable bonds is 1. The van der Waals surface area contributed by atoms with Crippen LogP contribution in [0.3, 0.4) is 0 Å². The first-order valence-electron chi connectivity index (χ1n) is 5.29. The van der Waals surface area contributed by atoms with Crippen molar-refractivity contribution >= 4 is 38.8 Å². The number of aromatic hydroxyl groups is 1. The monoisotopic (exact) mass is 276 g/mol. The number of thiazole rings is 1. The molecule has 0 fully saturated rings. The van der Waals surface area contributed by atoms with Crippen molar-refractivity contribution in [1.82, 2.24) is 4.98 Å². The van der Waals surface area contributed by atoms with Crippen LogP contribution in [0.2, 0.25) is 5.02 Å². The minimum Gasteiger partial charge on any atom is -0.507 e. The molecule has 3 N–H and O–H groups in total. The van der Waals surface area contributed by atoms with E-state index >= 15 is 0 Å². The summed E-state index contributed by atoms with van der Waals surface area (Å²) in [7, 11) is 0. The number of hydrogen-bond acceptors (Lipinski definition) is 4. The smallest absolute Gasteiger partial charge is 0.128 e. The number of phenolic OH excluding ortho intramolecular Hbond substituents is 1. The molecule has 0 spiro atoms. The standard InChI is InChI=1S/C13H9ClN2OS/c14-9-2-1-3-11-12(9)16-13(18-11)8-5-4-7(15)6-10(8)17/h1-6,17H,15H2. The van der Waals surface area contributed by atoms with E-state index in [1.54, 1.807) is 18.2 Å². The Morgan fingerprint density at radius 1 is 1.22 bits per heavy atom. The van der Waals surface area contributed by atoms with Crippen molar-refractivity contribution in [3.8, 4) is 16.3 Å². The second-order valence-corrected chi connectivity index (χ2v) is 5.32. The fourth-order valence-electron chi connectivity index (χ4n) is 1.76. The maximum atomic E-state index is 9.89. The Labute approximate surface area is 112 Å². The summed E-state index contributed by atoms with van der Waals surface area (Å²) in [5.74, 6) is 0.130. The van der Waals surface area contributed by atoms with Gasteiger partial charge in [-0.3, -0.25) is 0 Å². The fraction of sp³-hybridized carbons (Fsp3) is 0. The Balaban J connectivity index is 2.23. The molecular formula is C13H9ClN2OS. The lowest BCUT2D eigenvalue weighted by Gasteiger charge is -2.01. The molecule has 5 heteroatoms. The van der Waals surface area contributed by atoms with Crippen LogP contribution in [0.15, 0.2) is 36.4 Å². The van der Waals surface area contributed by atoms with Crippen LogP contribution in [-0.4, -0.2) is 10.1 Å². The lowest BCUT2D eigenvalue weighted by atomic mass is 10.2. The van der Waals surface area contributed by atoms with Gasteiger partial charge in [0.25, 0.3) is 0 Å². The molecule has 0 bridgehead atoms. The highest BCUT2D eigenvalue weighted by atomic mass is 35.5. The van der Waals surface area contributed by atoms with E-state index in [1.807, 2.05) is 12.1 Å². The summed E-state index contributed by atoms with van der Waals surface area (Å²) in [5, 5.41) is 11.2. The number of nitrogens with zero attached hydrogens (tertiary/aromatic N) is 1. The van der Waals surface area contributed by atoms with E-state index in [2.05, 4.69) is 4.98 Å². The first-order chi connectivity index (χ1) is 8.65. The highest BCUT2D eigenvalue weighted by Crippen LogP contribution is 2.37. The zero-order chi connectivity index (χ0) is 12.7. The summed E-state index contributed by atoms with van der Waals surface area (Å²) < 4.78 is 0.994. The van der Waals surface area contributed by atoms with Crippen molar-refractivity contribution in [1.29, 1.82) is 0 Å². The molecule has 2 aromatic carbocycles. The van der Waals surface area contributed by atoms with Gasteiger partial charge in [-0.05, 0) is 24.3 Å². The molecule has 90 valence electrons. The van der Waals surface area contributed by atoms with Gasteiger partial charge in [0.1, 0.15) is 16.3 Å². The number of para-hydroxylation sites is 1. The summed E-state index contributed by atoms with van der Waals surface area (Å²) in [6.45, 7) is 0. The van der Waals surface area contributed by atoms with Crippen LogP contribution in [0, 0.1) is 0 Å². The van der Waals surface area contributed by atoms with Gasteiger partial charge in [-0.25, -0.2) is 4.98 Å². The third-order valence-electron chi connectivity index (χ3n) is 2.62. The topological polar surface area (TPSA) is 59.1 Å². The zero-order valence-electron chi connectivity index (χ0n) is 9.22. The summed E-state index contributed by atoms with van der Waals surface area (Å²) in [6, 6.07) is 10.7. The Morgan fingerprint density at radius 2 is 2.06 bits per heavy atom. The maximum absolute atomic E-state index is 9.89. The van der Waals surface area contributed by atoms with Crippen molar-refractivity contribution in [2.24, 2.45) is 0 Å². The Morgan fingerprint density at radius 3 is 2.78 bits per heavy atom. The predicted octanol–water partition coefficient (Wildman–Crippen LogP) is 3.90. The van der Waals surface area contributed by atoms with Crippen LogP contribution < -0.4 is 5.73 Å². The highest BCUT2D eigenvalue weighted by Gasteiger charge is 2.11. The second kappa shape index (κ2) is 4.15. The molecule has 0 aliphatic heterocycles. The van der Waals surface area contributed by atoms with E-state index in [1.165, 1.54) is 17.4 Å². The van der Waals surface area contributed by atoms with Crippen LogP contribution in [0.25, 0.3) is 20.8 Å². The van der Waals surface area contributed by atoms with E-state index in [0.717, 1.165) is 15.2 Å². The number of nitrogen functional groups attached to an aromatic ring is 1. The largest absolute Gasteiger partial charge is 0.507 e. The molecule has 18 heavy (non-hydrogen) atoms. The van der Waals surface area contributed by atoms with Gasteiger partial charge in [0.05, 0.1) is 15.3 Å². The van der Waals surface area contributed by atoms with Gasteiger partial charge in [-0.15, -0.1) is 11.3 Å². The lowest BCUT2D eigenvalue weighted by molar-refractivity contribution is 0.477. The van der Waals surface area contributed by atoms with Crippen molar-refractivity contribution in [2.45, 2.75) is 0 Å². The lowest BCUT2D eigenvalue weighted by Crippen LogP contribution is -1.85. The number of phenols is 1. The van der Waals surface area contributed by atoms with E-state index in [0.29, 0.717) is 16.3 Å². The molecule has 0 amide bonds. The van der Waals surface area contributed by atoms with E-state index in [4.69, 9.17) is 17.3 Å². The molecule has 3 aromatic rings. The molecule has 3 rings (SSSR count). The third-order valence-corrected chi connectivity index (χ3v) is 3.98.